The highest BCUT2D eigenvalue weighted by molar-refractivity contribution is 5.52. The van der Waals surface area contributed by atoms with Crippen molar-refractivity contribution in [3.8, 4) is 11.4 Å². The average Bonchev–Trinajstić information content (AvgIpc) is 3.23. The van der Waals surface area contributed by atoms with Gasteiger partial charge in [-0.05, 0) is 44.5 Å². The predicted octanol–water partition coefficient (Wildman–Crippen LogP) is 2.63. The number of halogens is 1. The molecule has 0 saturated carbocycles. The van der Waals surface area contributed by atoms with Crippen LogP contribution in [0.4, 0.5) is 4.39 Å². The minimum atomic E-state index is -1.64. The van der Waals surface area contributed by atoms with Gasteiger partial charge < -0.3 is 4.52 Å². The number of alkyl halides is 1. The molecule has 0 spiro atoms. The summed E-state index contributed by atoms with van der Waals surface area (Å²) in [5, 5.41) is 8.29. The van der Waals surface area contributed by atoms with E-state index in [2.05, 4.69) is 25.1 Å². The fraction of sp³-hybridized carbons (Fsp3) is 0.444. The molecule has 1 aliphatic heterocycles. The van der Waals surface area contributed by atoms with Crippen molar-refractivity contribution in [3.05, 3.63) is 47.9 Å². The van der Waals surface area contributed by atoms with Crippen molar-refractivity contribution < 1.29 is 8.91 Å². The van der Waals surface area contributed by atoms with E-state index in [4.69, 9.17) is 4.52 Å². The van der Waals surface area contributed by atoms with Crippen LogP contribution >= 0.6 is 0 Å². The number of hydrogen-bond donors (Lipinski definition) is 0. The van der Waals surface area contributed by atoms with Gasteiger partial charge in [-0.25, -0.2) is 4.39 Å². The summed E-state index contributed by atoms with van der Waals surface area (Å²) in [5.74, 6) is 0.409. The summed E-state index contributed by atoms with van der Waals surface area (Å²) in [5.41, 5.74) is 1.10. The van der Waals surface area contributed by atoms with Crippen molar-refractivity contribution >= 4 is 0 Å². The summed E-state index contributed by atoms with van der Waals surface area (Å²) in [6.45, 7) is 3.66. The highest BCUT2D eigenvalue weighted by Gasteiger charge is 2.42. The van der Waals surface area contributed by atoms with Crippen molar-refractivity contribution in [1.29, 1.82) is 0 Å². The number of piperidine rings is 1. The van der Waals surface area contributed by atoms with E-state index < -0.39 is 5.67 Å². The molecule has 1 fully saturated rings. The molecule has 0 aliphatic carbocycles. The van der Waals surface area contributed by atoms with Gasteiger partial charge in [-0.2, -0.15) is 10.1 Å². The molecular formula is C18H21FN6O. The van der Waals surface area contributed by atoms with Crippen molar-refractivity contribution in [2.75, 3.05) is 13.1 Å². The van der Waals surface area contributed by atoms with E-state index in [1.54, 1.807) is 18.5 Å². The summed E-state index contributed by atoms with van der Waals surface area (Å²) < 4.78 is 22.7. The summed E-state index contributed by atoms with van der Waals surface area (Å²) in [6.07, 6.45) is 4.41. The first-order chi connectivity index (χ1) is 12.5. The van der Waals surface area contributed by atoms with E-state index in [9.17, 15) is 0 Å². The Morgan fingerprint density at radius 3 is 3.00 bits per heavy atom. The molecule has 26 heavy (non-hydrogen) atoms. The standard InChI is InChI=1S/C18H21FN6O/c1-13-9-15(24(2)22-13)11-25-8-4-6-18(19,12-25)17-21-16(23-26-17)14-5-3-7-20-10-14/h3,5,7,9-10H,4,6,8,11-12H2,1-2H3. The summed E-state index contributed by atoms with van der Waals surface area (Å²) in [4.78, 5) is 10.4. The van der Waals surface area contributed by atoms with Gasteiger partial charge in [-0.3, -0.25) is 14.6 Å². The van der Waals surface area contributed by atoms with Crippen molar-refractivity contribution in [2.24, 2.45) is 7.05 Å². The third-order valence-corrected chi connectivity index (χ3v) is 4.74. The lowest BCUT2D eigenvalue weighted by molar-refractivity contribution is 0.0115. The van der Waals surface area contributed by atoms with Gasteiger partial charge in [0.1, 0.15) is 0 Å². The lowest BCUT2D eigenvalue weighted by Gasteiger charge is -2.34. The fourth-order valence-electron chi connectivity index (χ4n) is 3.46. The van der Waals surface area contributed by atoms with Gasteiger partial charge in [0.15, 0.2) is 0 Å². The molecule has 4 rings (SSSR count). The second kappa shape index (κ2) is 6.60. The monoisotopic (exact) mass is 356 g/mol. The zero-order chi connectivity index (χ0) is 18.1. The SMILES string of the molecule is Cc1cc(CN2CCCC(F)(c3nc(-c4cccnc4)no3)C2)n(C)n1. The summed E-state index contributed by atoms with van der Waals surface area (Å²) >= 11 is 0. The van der Waals surface area contributed by atoms with Gasteiger partial charge in [0.2, 0.25) is 11.5 Å². The predicted molar refractivity (Wildman–Crippen MR) is 92.8 cm³/mol. The van der Waals surface area contributed by atoms with E-state index in [0.717, 1.165) is 24.4 Å². The molecule has 1 aliphatic rings. The van der Waals surface area contributed by atoms with Gasteiger partial charge >= 0.3 is 0 Å². The van der Waals surface area contributed by atoms with Gasteiger partial charge in [0, 0.05) is 38.1 Å². The summed E-state index contributed by atoms with van der Waals surface area (Å²) in [6, 6.07) is 5.64. The Bertz CT molecular complexity index is 892. The molecule has 1 atom stereocenters. The Morgan fingerprint density at radius 1 is 1.38 bits per heavy atom. The third kappa shape index (κ3) is 3.24. The van der Waals surface area contributed by atoms with Crippen LogP contribution in [0.5, 0.6) is 0 Å². The van der Waals surface area contributed by atoms with Crippen LogP contribution in [0.2, 0.25) is 0 Å². The van der Waals surface area contributed by atoms with Crippen LogP contribution in [-0.2, 0) is 19.3 Å². The van der Waals surface area contributed by atoms with Gasteiger partial charge in [-0.1, -0.05) is 5.16 Å². The molecule has 7 nitrogen and oxygen atoms in total. The topological polar surface area (TPSA) is 72.9 Å². The second-order valence-corrected chi connectivity index (χ2v) is 6.85. The maximum absolute atomic E-state index is 15.6. The molecule has 0 radical (unpaired) electrons. The van der Waals surface area contributed by atoms with Crippen LogP contribution in [0.25, 0.3) is 11.4 Å². The van der Waals surface area contributed by atoms with Crippen molar-refractivity contribution in [3.63, 3.8) is 0 Å². The number of nitrogens with zero attached hydrogens (tertiary/aromatic N) is 6. The fourth-order valence-corrected chi connectivity index (χ4v) is 3.46. The number of pyridine rings is 1. The van der Waals surface area contributed by atoms with E-state index >= 15 is 4.39 Å². The van der Waals surface area contributed by atoms with Crippen LogP contribution in [0.1, 0.15) is 30.1 Å². The van der Waals surface area contributed by atoms with E-state index in [1.807, 2.05) is 30.8 Å². The van der Waals surface area contributed by atoms with E-state index in [0.29, 0.717) is 24.4 Å². The molecule has 3 aromatic rings. The van der Waals surface area contributed by atoms with E-state index in [-0.39, 0.29) is 12.4 Å². The molecule has 136 valence electrons. The Morgan fingerprint density at radius 2 is 2.27 bits per heavy atom. The Balaban J connectivity index is 1.52. The van der Waals surface area contributed by atoms with Crippen LogP contribution in [-0.4, -0.2) is 42.9 Å². The third-order valence-electron chi connectivity index (χ3n) is 4.74. The number of likely N-dealkylation sites (tertiary alicyclic amines) is 1. The van der Waals surface area contributed by atoms with Crippen molar-refractivity contribution in [1.82, 2.24) is 29.8 Å². The highest BCUT2D eigenvalue weighted by Crippen LogP contribution is 2.36. The summed E-state index contributed by atoms with van der Waals surface area (Å²) in [7, 11) is 1.91. The minimum Gasteiger partial charge on any atom is -0.335 e. The average molecular weight is 356 g/mol. The molecule has 1 unspecified atom stereocenters. The minimum absolute atomic E-state index is 0.0437. The number of aryl methyl sites for hydroxylation is 2. The first-order valence-corrected chi connectivity index (χ1v) is 8.69. The molecule has 4 heterocycles. The number of rotatable bonds is 4. The highest BCUT2D eigenvalue weighted by atomic mass is 19.1. The maximum atomic E-state index is 15.6. The lowest BCUT2D eigenvalue weighted by atomic mass is 9.94. The molecule has 0 bridgehead atoms. The lowest BCUT2D eigenvalue weighted by Crippen LogP contribution is -2.43. The van der Waals surface area contributed by atoms with Crippen LogP contribution < -0.4 is 0 Å². The van der Waals surface area contributed by atoms with Gasteiger partial charge in [0.25, 0.3) is 5.89 Å². The number of hydrogen-bond acceptors (Lipinski definition) is 6. The Hall–Kier alpha value is -2.61. The molecule has 3 aromatic heterocycles. The van der Waals surface area contributed by atoms with Gasteiger partial charge in [0.05, 0.1) is 11.4 Å². The number of aromatic nitrogens is 5. The quantitative estimate of drug-likeness (QED) is 0.715. The normalized spacial score (nSPS) is 21.2. The molecule has 1 saturated heterocycles. The zero-order valence-electron chi connectivity index (χ0n) is 14.9. The molecule has 0 amide bonds. The molecule has 0 N–H and O–H groups in total. The smallest absolute Gasteiger partial charge is 0.265 e. The molecule has 8 heteroatoms. The zero-order valence-corrected chi connectivity index (χ0v) is 14.9. The first-order valence-electron chi connectivity index (χ1n) is 8.69. The van der Waals surface area contributed by atoms with Crippen LogP contribution in [0.3, 0.4) is 0 Å². The van der Waals surface area contributed by atoms with Crippen LogP contribution in [0.15, 0.2) is 35.1 Å². The first kappa shape index (κ1) is 16.8. The largest absolute Gasteiger partial charge is 0.335 e. The van der Waals surface area contributed by atoms with E-state index in [1.165, 1.54) is 0 Å². The second-order valence-electron chi connectivity index (χ2n) is 6.85. The Labute approximate surface area is 150 Å². The Kier molecular flexibility index (Phi) is 4.28. The van der Waals surface area contributed by atoms with Gasteiger partial charge in [-0.15, -0.1) is 0 Å². The molecular weight excluding hydrogens is 335 g/mol. The van der Waals surface area contributed by atoms with Crippen LogP contribution in [0, 0.1) is 6.92 Å². The van der Waals surface area contributed by atoms with Crippen molar-refractivity contribution in [2.45, 2.75) is 32.0 Å². The molecule has 0 aromatic carbocycles. The maximum Gasteiger partial charge on any atom is 0.265 e.